The van der Waals surface area contributed by atoms with Gasteiger partial charge in [-0.05, 0) is 12.1 Å². The summed E-state index contributed by atoms with van der Waals surface area (Å²) in [4.78, 5) is 0. The van der Waals surface area contributed by atoms with Gasteiger partial charge in [0.25, 0.3) is 0 Å². The first-order valence-corrected chi connectivity index (χ1v) is 5.00. The first-order valence-electron chi connectivity index (χ1n) is 5.00. The van der Waals surface area contributed by atoms with E-state index in [9.17, 15) is 0 Å². The summed E-state index contributed by atoms with van der Waals surface area (Å²) in [6.07, 6.45) is 0.283. The molecule has 0 bridgehead atoms. The minimum atomic E-state index is 0.283. The molecule has 0 unspecified atom stereocenters. The lowest BCUT2D eigenvalue weighted by Gasteiger charge is -2.27. The zero-order valence-corrected chi connectivity index (χ0v) is 8.47. The monoisotopic (exact) mass is 204 g/mol. The van der Waals surface area contributed by atoms with Crippen LogP contribution in [0.25, 0.3) is 11.0 Å². The summed E-state index contributed by atoms with van der Waals surface area (Å²) in [5.41, 5.74) is 1.84. The van der Waals surface area contributed by atoms with E-state index in [1.54, 1.807) is 4.68 Å². The summed E-state index contributed by atoms with van der Waals surface area (Å²) in [6.45, 7) is 1.84. The molecule has 1 aromatic carbocycles. The second kappa shape index (κ2) is 3.20. The highest BCUT2D eigenvalue weighted by molar-refractivity contribution is 5.81. The normalized spacial score (nSPS) is 16.6. The van der Waals surface area contributed by atoms with E-state index in [-0.39, 0.29) is 6.10 Å². The highest BCUT2D eigenvalue weighted by Gasteiger charge is 2.20. The first kappa shape index (κ1) is 8.67. The van der Waals surface area contributed by atoms with Gasteiger partial charge in [-0.2, -0.15) is 0 Å². The molecule has 1 aliphatic heterocycles. The van der Waals surface area contributed by atoms with Crippen LogP contribution < -0.4 is 10.1 Å². The number of ether oxygens (including phenoxy) is 1. The highest BCUT2D eigenvalue weighted by atomic mass is 16.5. The predicted molar refractivity (Wildman–Crippen MR) is 55.8 cm³/mol. The molecule has 1 aliphatic rings. The Bertz CT molecular complexity index is 489. The third kappa shape index (κ3) is 1.35. The van der Waals surface area contributed by atoms with Crippen molar-refractivity contribution in [3.05, 3.63) is 18.2 Å². The van der Waals surface area contributed by atoms with E-state index < -0.39 is 0 Å². The van der Waals surface area contributed by atoms with Gasteiger partial charge in [0.2, 0.25) is 0 Å². The number of benzene rings is 1. The van der Waals surface area contributed by atoms with Crippen LogP contribution >= 0.6 is 0 Å². The maximum atomic E-state index is 5.84. The maximum Gasteiger partial charge on any atom is 0.147 e. The minimum absolute atomic E-state index is 0.283. The molecule has 1 fully saturated rings. The zero-order valence-electron chi connectivity index (χ0n) is 8.47. The number of nitrogens with one attached hydrogen (secondary N) is 1. The molecule has 0 spiro atoms. The predicted octanol–water partition coefficient (Wildman–Crippen LogP) is 0.319. The molecule has 3 rings (SSSR count). The van der Waals surface area contributed by atoms with Crippen LogP contribution in [0.1, 0.15) is 0 Å². The standard InChI is InChI=1S/C10H12N4O/c1-14-10-8(12-13-14)3-2-4-9(10)15-7-5-11-6-7/h2-4,7,11H,5-6H2,1H3. The molecular formula is C10H12N4O. The number of aryl methyl sites for hydroxylation is 1. The molecule has 2 heterocycles. The van der Waals surface area contributed by atoms with Gasteiger partial charge in [0.15, 0.2) is 0 Å². The van der Waals surface area contributed by atoms with E-state index in [4.69, 9.17) is 4.74 Å². The van der Waals surface area contributed by atoms with Crippen molar-refractivity contribution in [1.82, 2.24) is 20.3 Å². The molecule has 15 heavy (non-hydrogen) atoms. The van der Waals surface area contributed by atoms with Gasteiger partial charge in [0.05, 0.1) is 0 Å². The summed E-state index contributed by atoms with van der Waals surface area (Å²) >= 11 is 0. The molecule has 78 valence electrons. The number of fused-ring (bicyclic) bond motifs is 1. The van der Waals surface area contributed by atoms with Crippen molar-refractivity contribution in [2.75, 3.05) is 13.1 Å². The Balaban J connectivity index is 2.04. The van der Waals surface area contributed by atoms with Crippen molar-refractivity contribution in [2.24, 2.45) is 7.05 Å². The largest absolute Gasteiger partial charge is 0.485 e. The van der Waals surface area contributed by atoms with E-state index >= 15 is 0 Å². The Morgan fingerprint density at radius 2 is 2.33 bits per heavy atom. The molecule has 0 amide bonds. The number of para-hydroxylation sites is 1. The molecule has 5 heteroatoms. The molecule has 2 aromatic rings. The van der Waals surface area contributed by atoms with Crippen LogP contribution in [0.2, 0.25) is 0 Å². The zero-order chi connectivity index (χ0) is 10.3. The summed E-state index contributed by atoms with van der Waals surface area (Å²) in [7, 11) is 1.88. The van der Waals surface area contributed by atoms with Crippen molar-refractivity contribution in [3.8, 4) is 5.75 Å². The molecule has 0 aliphatic carbocycles. The van der Waals surface area contributed by atoms with E-state index in [1.165, 1.54) is 0 Å². The van der Waals surface area contributed by atoms with Gasteiger partial charge in [-0.25, -0.2) is 4.68 Å². The Labute approximate surface area is 87.0 Å². The fourth-order valence-corrected chi connectivity index (χ4v) is 1.70. The van der Waals surface area contributed by atoms with Crippen molar-refractivity contribution in [3.63, 3.8) is 0 Å². The van der Waals surface area contributed by atoms with Crippen LogP contribution in [0.5, 0.6) is 5.75 Å². The number of nitrogens with zero attached hydrogens (tertiary/aromatic N) is 3. The number of hydrogen-bond acceptors (Lipinski definition) is 4. The van der Waals surface area contributed by atoms with Gasteiger partial charge in [-0.3, -0.25) is 0 Å². The average molecular weight is 204 g/mol. The lowest BCUT2D eigenvalue weighted by atomic mass is 10.2. The van der Waals surface area contributed by atoms with Crippen LogP contribution in [0.4, 0.5) is 0 Å². The third-order valence-corrected chi connectivity index (χ3v) is 2.63. The Kier molecular flexibility index (Phi) is 1.85. The lowest BCUT2D eigenvalue weighted by molar-refractivity contribution is 0.143. The smallest absolute Gasteiger partial charge is 0.147 e. The quantitative estimate of drug-likeness (QED) is 0.765. The average Bonchev–Trinajstić information content (AvgIpc) is 2.55. The molecule has 0 saturated carbocycles. The van der Waals surface area contributed by atoms with E-state index in [0.29, 0.717) is 0 Å². The van der Waals surface area contributed by atoms with E-state index in [0.717, 1.165) is 29.9 Å². The van der Waals surface area contributed by atoms with Gasteiger partial charge >= 0.3 is 0 Å². The van der Waals surface area contributed by atoms with Crippen molar-refractivity contribution >= 4 is 11.0 Å². The maximum absolute atomic E-state index is 5.84. The van der Waals surface area contributed by atoms with Crippen molar-refractivity contribution in [1.29, 1.82) is 0 Å². The van der Waals surface area contributed by atoms with Gasteiger partial charge in [-0.1, -0.05) is 11.3 Å². The topological polar surface area (TPSA) is 52.0 Å². The molecular weight excluding hydrogens is 192 g/mol. The van der Waals surface area contributed by atoms with Crippen LogP contribution in [0.3, 0.4) is 0 Å². The Hall–Kier alpha value is -1.62. The number of hydrogen-bond donors (Lipinski definition) is 1. The summed E-state index contributed by atoms with van der Waals surface area (Å²) in [5, 5.41) is 11.2. The summed E-state index contributed by atoms with van der Waals surface area (Å²) in [5.74, 6) is 0.867. The summed E-state index contributed by atoms with van der Waals surface area (Å²) < 4.78 is 7.59. The van der Waals surface area contributed by atoms with Crippen LogP contribution in [-0.2, 0) is 7.05 Å². The fraction of sp³-hybridized carbons (Fsp3) is 0.400. The Morgan fingerprint density at radius 3 is 3.07 bits per heavy atom. The Morgan fingerprint density at radius 1 is 1.47 bits per heavy atom. The molecule has 5 nitrogen and oxygen atoms in total. The lowest BCUT2D eigenvalue weighted by Crippen LogP contribution is -2.50. The minimum Gasteiger partial charge on any atom is -0.485 e. The SMILES string of the molecule is Cn1nnc2cccc(OC3CNC3)c21. The first-order chi connectivity index (χ1) is 7.34. The van der Waals surface area contributed by atoms with Gasteiger partial charge in [0.1, 0.15) is 22.9 Å². The summed E-state index contributed by atoms with van der Waals surface area (Å²) in [6, 6.07) is 5.84. The third-order valence-electron chi connectivity index (χ3n) is 2.63. The fourth-order valence-electron chi connectivity index (χ4n) is 1.70. The molecule has 1 N–H and O–H groups in total. The van der Waals surface area contributed by atoms with E-state index in [1.807, 2.05) is 25.2 Å². The van der Waals surface area contributed by atoms with Crippen molar-refractivity contribution in [2.45, 2.75) is 6.10 Å². The van der Waals surface area contributed by atoms with Crippen LogP contribution in [0.15, 0.2) is 18.2 Å². The number of aromatic nitrogens is 3. The van der Waals surface area contributed by atoms with Gasteiger partial charge in [0, 0.05) is 20.1 Å². The van der Waals surface area contributed by atoms with Crippen LogP contribution in [-0.4, -0.2) is 34.2 Å². The van der Waals surface area contributed by atoms with Gasteiger partial charge < -0.3 is 10.1 Å². The molecule has 0 radical (unpaired) electrons. The van der Waals surface area contributed by atoms with Crippen LogP contribution in [0, 0.1) is 0 Å². The second-order valence-electron chi connectivity index (χ2n) is 3.74. The molecule has 1 aromatic heterocycles. The number of rotatable bonds is 2. The van der Waals surface area contributed by atoms with Crippen molar-refractivity contribution < 1.29 is 4.74 Å². The second-order valence-corrected chi connectivity index (χ2v) is 3.74. The highest BCUT2D eigenvalue weighted by Crippen LogP contribution is 2.24. The molecule has 1 saturated heterocycles. The van der Waals surface area contributed by atoms with E-state index in [2.05, 4.69) is 15.6 Å². The molecule has 0 atom stereocenters. The van der Waals surface area contributed by atoms with Gasteiger partial charge in [-0.15, -0.1) is 5.10 Å².